The Kier molecular flexibility index (Phi) is 6.42. The number of piperidine rings is 1. The fraction of sp³-hybridized carbons (Fsp3) is 0.367. The number of carbonyl (C=O) groups is 1. The molecular formula is C30H34N2O2. The quantitative estimate of drug-likeness (QED) is 0.495. The number of amides is 1. The third-order valence-corrected chi connectivity index (χ3v) is 7.99. The van der Waals surface area contributed by atoms with E-state index in [-0.39, 0.29) is 17.4 Å². The lowest BCUT2D eigenvalue weighted by atomic mass is 9.58. The van der Waals surface area contributed by atoms with Crippen LogP contribution in [0.4, 0.5) is 0 Å². The van der Waals surface area contributed by atoms with Gasteiger partial charge in [0.15, 0.2) is 0 Å². The molecule has 1 aliphatic heterocycles. The van der Waals surface area contributed by atoms with Crippen molar-refractivity contribution < 1.29 is 9.53 Å². The maximum absolute atomic E-state index is 13.2. The summed E-state index contributed by atoms with van der Waals surface area (Å²) in [6.45, 7) is 7.01. The number of likely N-dealkylation sites (tertiary alicyclic amines) is 1. The first kappa shape index (κ1) is 22.7. The van der Waals surface area contributed by atoms with Crippen molar-refractivity contribution >= 4 is 16.7 Å². The second-order valence-corrected chi connectivity index (χ2v) is 9.90. The lowest BCUT2D eigenvalue weighted by Gasteiger charge is -2.53. The Balaban J connectivity index is 1.39. The molecule has 5 rings (SSSR count). The van der Waals surface area contributed by atoms with Gasteiger partial charge in [-0.05, 0) is 78.7 Å². The van der Waals surface area contributed by atoms with Gasteiger partial charge < -0.3 is 10.1 Å². The molecule has 4 heteroatoms. The van der Waals surface area contributed by atoms with Crippen LogP contribution in [0, 0.1) is 5.92 Å². The van der Waals surface area contributed by atoms with Crippen molar-refractivity contribution in [3.05, 3.63) is 90.5 Å². The van der Waals surface area contributed by atoms with Gasteiger partial charge in [-0.15, -0.1) is 6.58 Å². The minimum absolute atomic E-state index is 0.0269. The van der Waals surface area contributed by atoms with Crippen LogP contribution in [-0.4, -0.2) is 43.6 Å². The van der Waals surface area contributed by atoms with Gasteiger partial charge in [-0.3, -0.25) is 9.69 Å². The molecule has 34 heavy (non-hydrogen) atoms. The van der Waals surface area contributed by atoms with Crippen LogP contribution >= 0.6 is 0 Å². The number of carbonyl (C=O) groups excluding carboxylic acids is 1. The Morgan fingerprint density at radius 2 is 1.97 bits per heavy atom. The summed E-state index contributed by atoms with van der Waals surface area (Å²) in [5.74, 6) is 1.49. The van der Waals surface area contributed by atoms with E-state index < -0.39 is 0 Å². The third kappa shape index (κ3) is 4.35. The zero-order valence-electron chi connectivity index (χ0n) is 20.0. The monoisotopic (exact) mass is 454 g/mol. The van der Waals surface area contributed by atoms with E-state index in [1.165, 1.54) is 5.56 Å². The summed E-state index contributed by atoms with van der Waals surface area (Å²) in [4.78, 5) is 15.8. The van der Waals surface area contributed by atoms with Crippen molar-refractivity contribution in [3.8, 4) is 5.75 Å². The number of hydrogen-bond donors (Lipinski definition) is 1. The summed E-state index contributed by atoms with van der Waals surface area (Å²) >= 11 is 0. The van der Waals surface area contributed by atoms with Crippen LogP contribution in [0.25, 0.3) is 10.8 Å². The SMILES string of the molecule is C=CCN1CC[C@@]2(c3cccc(OC)c3)C[C@H](NC(=O)c3ccc4ccccc4c3)CC[C@@H]2C1. The van der Waals surface area contributed by atoms with Crippen molar-refractivity contribution in [2.45, 2.75) is 37.1 Å². The van der Waals surface area contributed by atoms with Crippen LogP contribution < -0.4 is 10.1 Å². The zero-order chi connectivity index (χ0) is 23.5. The fourth-order valence-corrected chi connectivity index (χ4v) is 6.22. The van der Waals surface area contributed by atoms with Crippen LogP contribution in [0.5, 0.6) is 5.75 Å². The number of hydrogen-bond acceptors (Lipinski definition) is 3. The Hall–Kier alpha value is -3.11. The highest BCUT2D eigenvalue weighted by molar-refractivity contribution is 5.98. The molecule has 2 aliphatic rings. The minimum Gasteiger partial charge on any atom is -0.497 e. The molecule has 0 unspecified atom stereocenters. The van der Waals surface area contributed by atoms with E-state index in [1.807, 2.05) is 42.5 Å². The van der Waals surface area contributed by atoms with Crippen LogP contribution in [-0.2, 0) is 5.41 Å². The van der Waals surface area contributed by atoms with Gasteiger partial charge in [0.1, 0.15) is 5.75 Å². The van der Waals surface area contributed by atoms with E-state index in [1.54, 1.807) is 7.11 Å². The molecule has 0 aromatic heterocycles. The minimum atomic E-state index is 0.0269. The van der Waals surface area contributed by atoms with E-state index in [0.29, 0.717) is 5.92 Å². The van der Waals surface area contributed by atoms with Crippen molar-refractivity contribution in [1.29, 1.82) is 0 Å². The van der Waals surface area contributed by atoms with Gasteiger partial charge in [-0.1, -0.05) is 48.5 Å². The molecule has 1 saturated heterocycles. The second kappa shape index (κ2) is 9.63. The Bertz CT molecular complexity index is 1190. The summed E-state index contributed by atoms with van der Waals surface area (Å²) in [7, 11) is 1.73. The van der Waals surface area contributed by atoms with Gasteiger partial charge in [0.2, 0.25) is 0 Å². The van der Waals surface area contributed by atoms with Gasteiger partial charge in [0.05, 0.1) is 7.11 Å². The third-order valence-electron chi connectivity index (χ3n) is 7.99. The molecule has 3 aromatic carbocycles. The molecule has 176 valence electrons. The highest BCUT2D eigenvalue weighted by Gasteiger charge is 2.48. The van der Waals surface area contributed by atoms with Crippen molar-refractivity contribution in [1.82, 2.24) is 10.2 Å². The van der Waals surface area contributed by atoms with E-state index in [0.717, 1.165) is 67.4 Å². The van der Waals surface area contributed by atoms with Crippen LogP contribution in [0.15, 0.2) is 79.4 Å². The number of rotatable bonds is 6. The number of methoxy groups -OCH3 is 1. The van der Waals surface area contributed by atoms with E-state index in [4.69, 9.17) is 4.74 Å². The number of fused-ring (bicyclic) bond motifs is 2. The number of ether oxygens (including phenoxy) is 1. The van der Waals surface area contributed by atoms with Crippen LogP contribution in [0.1, 0.15) is 41.6 Å². The summed E-state index contributed by atoms with van der Waals surface area (Å²) in [6, 6.07) is 22.9. The Morgan fingerprint density at radius 1 is 1.12 bits per heavy atom. The Morgan fingerprint density at radius 3 is 2.79 bits per heavy atom. The molecular weight excluding hydrogens is 420 g/mol. The molecule has 3 aromatic rings. The topological polar surface area (TPSA) is 41.6 Å². The van der Waals surface area contributed by atoms with Gasteiger partial charge in [0.25, 0.3) is 5.91 Å². The maximum Gasteiger partial charge on any atom is 0.251 e. The number of benzene rings is 3. The maximum atomic E-state index is 13.2. The van der Waals surface area contributed by atoms with Crippen molar-refractivity contribution in [2.75, 3.05) is 26.7 Å². The van der Waals surface area contributed by atoms with Gasteiger partial charge in [0, 0.05) is 30.1 Å². The highest BCUT2D eigenvalue weighted by Crippen LogP contribution is 2.49. The number of nitrogens with one attached hydrogen (secondary N) is 1. The average Bonchev–Trinajstić information content (AvgIpc) is 2.88. The molecule has 1 heterocycles. The van der Waals surface area contributed by atoms with E-state index in [9.17, 15) is 4.79 Å². The summed E-state index contributed by atoms with van der Waals surface area (Å²) in [5, 5.41) is 5.65. The first-order chi connectivity index (χ1) is 16.6. The molecule has 0 radical (unpaired) electrons. The normalized spacial score (nSPS) is 24.9. The Labute approximate surface area is 202 Å². The second-order valence-electron chi connectivity index (χ2n) is 9.90. The lowest BCUT2D eigenvalue weighted by molar-refractivity contribution is 0.0473. The molecule has 1 N–H and O–H groups in total. The van der Waals surface area contributed by atoms with Gasteiger partial charge >= 0.3 is 0 Å². The smallest absolute Gasteiger partial charge is 0.251 e. The molecule has 1 saturated carbocycles. The molecule has 1 aliphatic carbocycles. The zero-order valence-corrected chi connectivity index (χ0v) is 20.0. The molecule has 3 atom stereocenters. The number of nitrogens with zero attached hydrogens (tertiary/aromatic N) is 1. The molecule has 1 amide bonds. The van der Waals surface area contributed by atoms with Gasteiger partial charge in [-0.25, -0.2) is 0 Å². The largest absolute Gasteiger partial charge is 0.497 e. The summed E-state index contributed by atoms with van der Waals surface area (Å²) < 4.78 is 5.57. The summed E-state index contributed by atoms with van der Waals surface area (Å²) in [5.41, 5.74) is 2.13. The van der Waals surface area contributed by atoms with E-state index >= 15 is 0 Å². The standard InChI is InChI=1S/C30H34N2O2/c1-3-16-32-17-15-30(25-9-6-10-28(19-25)34-2)20-27(14-13-26(30)21-32)31-29(33)24-12-11-22-7-4-5-8-23(22)18-24/h3-12,18-19,26-27H,1,13-17,20-21H2,2H3,(H,31,33)/t26-,27-,30+/m1/s1. The molecule has 0 bridgehead atoms. The van der Waals surface area contributed by atoms with Gasteiger partial charge in [-0.2, -0.15) is 0 Å². The predicted molar refractivity (Wildman–Crippen MR) is 138 cm³/mol. The molecule has 0 spiro atoms. The summed E-state index contributed by atoms with van der Waals surface area (Å²) in [6.07, 6.45) is 6.17. The average molecular weight is 455 g/mol. The predicted octanol–water partition coefficient (Wildman–Crippen LogP) is 5.58. The van der Waals surface area contributed by atoms with Crippen LogP contribution in [0.2, 0.25) is 0 Å². The molecule has 2 fully saturated rings. The fourth-order valence-electron chi connectivity index (χ4n) is 6.22. The first-order valence-corrected chi connectivity index (χ1v) is 12.4. The highest BCUT2D eigenvalue weighted by atomic mass is 16.5. The van der Waals surface area contributed by atoms with Crippen molar-refractivity contribution in [2.24, 2.45) is 5.92 Å². The van der Waals surface area contributed by atoms with Crippen LogP contribution in [0.3, 0.4) is 0 Å². The molecule has 4 nitrogen and oxygen atoms in total. The first-order valence-electron chi connectivity index (χ1n) is 12.4. The van der Waals surface area contributed by atoms with Crippen molar-refractivity contribution in [3.63, 3.8) is 0 Å². The lowest BCUT2D eigenvalue weighted by Crippen LogP contribution is -2.56. The van der Waals surface area contributed by atoms with E-state index in [2.05, 4.69) is 47.1 Å².